The zero-order valence-corrected chi connectivity index (χ0v) is 11.1. The average Bonchev–Trinajstić information content (AvgIpc) is 2.82. The fourth-order valence-corrected chi connectivity index (χ4v) is 2.33. The number of rotatable bonds is 2. The fraction of sp³-hybridized carbons (Fsp3) is 0.333. The van der Waals surface area contributed by atoms with Crippen molar-refractivity contribution in [3.05, 3.63) is 28.5 Å². The number of carbonyl (C=O) groups is 1. The van der Waals surface area contributed by atoms with Crippen LogP contribution in [-0.4, -0.2) is 41.7 Å². The molecule has 1 atom stereocenters. The Balaban J connectivity index is 1.98. The number of H-pyrrole nitrogens is 1. The van der Waals surface area contributed by atoms with Crippen molar-refractivity contribution < 1.29 is 14.3 Å². The van der Waals surface area contributed by atoms with Crippen LogP contribution in [0.2, 0.25) is 0 Å². The zero-order chi connectivity index (χ0) is 12.5. The number of fused-ring (bicyclic) bond motifs is 1. The summed E-state index contributed by atoms with van der Waals surface area (Å²) in [5, 5.41) is 0.795. The molecule has 0 spiro atoms. The highest BCUT2D eigenvalue weighted by Crippen LogP contribution is 2.22. The molecule has 1 unspecified atom stereocenters. The molecule has 94 valence electrons. The molecule has 1 N–H and O–H groups in total. The third-order valence-corrected chi connectivity index (χ3v) is 3.31. The lowest BCUT2D eigenvalue weighted by Crippen LogP contribution is -2.35. The molecule has 6 heteroatoms. The molecule has 1 fully saturated rings. The molecule has 5 nitrogen and oxygen atoms in total. The molecule has 0 saturated carbocycles. The first-order valence-corrected chi connectivity index (χ1v) is 6.41. The Bertz CT molecular complexity index is 590. The molecule has 1 aliphatic rings. The molecule has 0 amide bonds. The van der Waals surface area contributed by atoms with Crippen molar-refractivity contribution in [1.82, 2.24) is 9.97 Å². The van der Waals surface area contributed by atoms with Gasteiger partial charge in [0.05, 0.1) is 19.8 Å². The average molecular weight is 311 g/mol. The Morgan fingerprint density at radius 2 is 2.39 bits per heavy atom. The SMILES string of the molecule is O=C(c1c[nH]c2ncc(Br)cc12)C1COCCO1. The number of nitrogens with zero attached hydrogens (tertiary/aromatic N) is 1. The number of pyridine rings is 1. The van der Waals surface area contributed by atoms with Crippen LogP contribution in [0.15, 0.2) is 22.9 Å². The number of hydrogen-bond acceptors (Lipinski definition) is 4. The fourth-order valence-electron chi connectivity index (χ4n) is 1.99. The molecule has 3 heterocycles. The summed E-state index contributed by atoms with van der Waals surface area (Å²) in [5.74, 6) is -0.0687. The number of ketones is 1. The van der Waals surface area contributed by atoms with Crippen LogP contribution in [0, 0.1) is 0 Å². The Hall–Kier alpha value is -1.24. The van der Waals surface area contributed by atoms with Crippen molar-refractivity contribution in [1.29, 1.82) is 0 Å². The number of halogens is 1. The summed E-state index contributed by atoms with van der Waals surface area (Å²) >= 11 is 3.35. The minimum Gasteiger partial charge on any atom is -0.376 e. The van der Waals surface area contributed by atoms with E-state index in [4.69, 9.17) is 9.47 Å². The number of carbonyl (C=O) groups excluding carboxylic acids is 1. The van der Waals surface area contributed by atoms with Crippen LogP contribution in [0.3, 0.4) is 0 Å². The van der Waals surface area contributed by atoms with Crippen molar-refractivity contribution in [2.75, 3.05) is 19.8 Å². The maximum Gasteiger partial charge on any atom is 0.196 e. The van der Waals surface area contributed by atoms with Crippen LogP contribution in [-0.2, 0) is 9.47 Å². The van der Waals surface area contributed by atoms with Gasteiger partial charge in [0.15, 0.2) is 5.78 Å². The quantitative estimate of drug-likeness (QED) is 0.861. The second kappa shape index (κ2) is 4.79. The summed E-state index contributed by atoms with van der Waals surface area (Å²) in [4.78, 5) is 19.5. The van der Waals surface area contributed by atoms with Crippen LogP contribution >= 0.6 is 15.9 Å². The third kappa shape index (κ3) is 2.07. The monoisotopic (exact) mass is 310 g/mol. The van der Waals surface area contributed by atoms with Gasteiger partial charge >= 0.3 is 0 Å². The van der Waals surface area contributed by atoms with Gasteiger partial charge in [-0.1, -0.05) is 0 Å². The molecular weight excluding hydrogens is 300 g/mol. The zero-order valence-electron chi connectivity index (χ0n) is 9.48. The van der Waals surface area contributed by atoms with Gasteiger partial charge in [-0.3, -0.25) is 4.79 Å². The van der Waals surface area contributed by atoms with Gasteiger partial charge in [0, 0.05) is 27.8 Å². The van der Waals surface area contributed by atoms with E-state index in [1.54, 1.807) is 12.4 Å². The van der Waals surface area contributed by atoms with E-state index >= 15 is 0 Å². The minimum atomic E-state index is -0.517. The summed E-state index contributed by atoms with van der Waals surface area (Å²) in [6.45, 7) is 1.32. The lowest BCUT2D eigenvalue weighted by atomic mass is 10.1. The number of aromatic nitrogens is 2. The lowest BCUT2D eigenvalue weighted by Gasteiger charge is -2.21. The summed E-state index contributed by atoms with van der Waals surface area (Å²) in [5.41, 5.74) is 1.28. The molecule has 0 bridgehead atoms. The molecule has 0 aliphatic carbocycles. The van der Waals surface area contributed by atoms with Gasteiger partial charge in [-0.15, -0.1) is 0 Å². The van der Waals surface area contributed by atoms with E-state index < -0.39 is 6.10 Å². The first kappa shape index (κ1) is 11.8. The van der Waals surface area contributed by atoms with Crippen molar-refractivity contribution >= 4 is 32.7 Å². The number of aromatic amines is 1. The molecule has 3 rings (SSSR count). The van der Waals surface area contributed by atoms with Crippen LogP contribution in [0.1, 0.15) is 10.4 Å². The molecular formula is C12H11BrN2O3. The molecule has 18 heavy (non-hydrogen) atoms. The normalized spacial score (nSPS) is 20.2. The van der Waals surface area contributed by atoms with Crippen molar-refractivity contribution in [2.45, 2.75) is 6.10 Å². The van der Waals surface area contributed by atoms with E-state index in [0.29, 0.717) is 31.0 Å². The van der Waals surface area contributed by atoms with Crippen molar-refractivity contribution in [3.8, 4) is 0 Å². The Kier molecular flexibility index (Phi) is 3.15. The molecule has 1 saturated heterocycles. The molecule has 0 radical (unpaired) electrons. The maximum absolute atomic E-state index is 12.3. The summed E-state index contributed by atoms with van der Waals surface area (Å²) < 4.78 is 11.5. The van der Waals surface area contributed by atoms with Crippen molar-refractivity contribution in [3.63, 3.8) is 0 Å². The Morgan fingerprint density at radius 1 is 1.50 bits per heavy atom. The van der Waals surface area contributed by atoms with Gasteiger partial charge < -0.3 is 14.5 Å². The van der Waals surface area contributed by atoms with Gasteiger partial charge in [-0.05, 0) is 22.0 Å². The first-order valence-electron chi connectivity index (χ1n) is 5.62. The van der Waals surface area contributed by atoms with Gasteiger partial charge in [0.25, 0.3) is 0 Å². The minimum absolute atomic E-state index is 0.0687. The Labute approximate surface area is 112 Å². The molecule has 2 aromatic heterocycles. The first-order chi connectivity index (χ1) is 8.75. The second-order valence-electron chi connectivity index (χ2n) is 4.05. The van der Waals surface area contributed by atoms with Gasteiger partial charge in [-0.2, -0.15) is 0 Å². The van der Waals surface area contributed by atoms with Gasteiger partial charge in [0.2, 0.25) is 0 Å². The standard InChI is InChI=1S/C12H11BrN2O3/c13-7-3-8-9(5-15-12(8)14-4-7)11(16)10-6-17-1-2-18-10/h3-5,10H,1-2,6H2,(H,14,15). The lowest BCUT2D eigenvalue weighted by molar-refractivity contribution is -0.0718. The summed E-state index contributed by atoms with van der Waals surface area (Å²) in [6.07, 6.45) is 2.84. The molecule has 1 aliphatic heterocycles. The highest BCUT2D eigenvalue weighted by Gasteiger charge is 2.26. The van der Waals surface area contributed by atoms with Gasteiger partial charge in [0.1, 0.15) is 11.8 Å². The summed E-state index contributed by atoms with van der Waals surface area (Å²) in [6, 6.07) is 1.87. The van der Waals surface area contributed by atoms with Crippen LogP contribution < -0.4 is 0 Å². The third-order valence-electron chi connectivity index (χ3n) is 2.87. The number of ether oxygens (including phenoxy) is 2. The van der Waals surface area contributed by atoms with Gasteiger partial charge in [-0.25, -0.2) is 4.98 Å². The highest BCUT2D eigenvalue weighted by atomic mass is 79.9. The maximum atomic E-state index is 12.3. The topological polar surface area (TPSA) is 64.2 Å². The predicted octanol–water partition coefficient (Wildman–Crippen LogP) is 1.92. The van der Waals surface area contributed by atoms with Crippen LogP contribution in [0.4, 0.5) is 0 Å². The summed E-state index contributed by atoms with van der Waals surface area (Å²) in [7, 11) is 0. The van der Waals surface area contributed by atoms with Crippen LogP contribution in [0.25, 0.3) is 11.0 Å². The number of nitrogens with one attached hydrogen (secondary N) is 1. The van der Waals surface area contributed by atoms with E-state index in [2.05, 4.69) is 25.9 Å². The predicted molar refractivity (Wildman–Crippen MR) is 68.7 cm³/mol. The molecule has 0 aromatic carbocycles. The number of hydrogen-bond donors (Lipinski definition) is 1. The van der Waals surface area contributed by atoms with E-state index in [9.17, 15) is 4.79 Å². The van der Waals surface area contributed by atoms with E-state index in [1.807, 2.05) is 6.07 Å². The highest BCUT2D eigenvalue weighted by molar-refractivity contribution is 9.10. The number of Topliss-reactive ketones (excluding diaryl/α,β-unsaturated/α-hetero) is 1. The van der Waals surface area contributed by atoms with Crippen LogP contribution in [0.5, 0.6) is 0 Å². The smallest absolute Gasteiger partial charge is 0.196 e. The van der Waals surface area contributed by atoms with E-state index in [-0.39, 0.29) is 5.78 Å². The van der Waals surface area contributed by atoms with E-state index in [0.717, 1.165) is 9.86 Å². The largest absolute Gasteiger partial charge is 0.376 e. The molecule has 2 aromatic rings. The Morgan fingerprint density at radius 3 is 3.17 bits per heavy atom. The van der Waals surface area contributed by atoms with E-state index in [1.165, 1.54) is 0 Å². The second-order valence-corrected chi connectivity index (χ2v) is 4.97. The van der Waals surface area contributed by atoms with Crippen molar-refractivity contribution in [2.24, 2.45) is 0 Å².